The third kappa shape index (κ3) is 7.39. The maximum atomic E-state index is 15.2. The van der Waals surface area contributed by atoms with E-state index in [2.05, 4.69) is 15.0 Å². The Kier molecular flexibility index (Phi) is 8.60. The van der Waals surface area contributed by atoms with Crippen LogP contribution in [0.15, 0.2) is 42.6 Å². The zero-order valence-electron chi connectivity index (χ0n) is 20.8. The van der Waals surface area contributed by atoms with Gasteiger partial charge in [-0.1, -0.05) is 0 Å². The number of benzene rings is 2. The Hall–Kier alpha value is -4.37. The van der Waals surface area contributed by atoms with Crippen LogP contribution in [0.4, 0.5) is 36.4 Å². The van der Waals surface area contributed by atoms with Crippen LogP contribution in [0.3, 0.4) is 0 Å². The lowest BCUT2D eigenvalue weighted by molar-refractivity contribution is -0.275. The molecule has 40 heavy (non-hydrogen) atoms. The fraction of sp³-hybridized carbons (Fsp3) is 0.136. The van der Waals surface area contributed by atoms with Crippen LogP contribution in [-0.4, -0.2) is 52.0 Å². The number of alkyl halides is 5. The Morgan fingerprint density at radius 3 is 2.12 bits per heavy atom. The number of hydrogen-bond donors (Lipinski definition) is 2. The Morgan fingerprint density at radius 1 is 0.925 bits per heavy atom. The highest BCUT2D eigenvalue weighted by Gasteiger charge is 2.35. The third-order valence-corrected chi connectivity index (χ3v) is 4.75. The second-order valence-electron chi connectivity index (χ2n) is 8.96. The maximum Gasteiger partial charge on any atom is 0.573 e. The van der Waals surface area contributed by atoms with Crippen molar-refractivity contribution in [2.24, 2.45) is 5.73 Å². The Morgan fingerprint density at radius 2 is 1.55 bits per heavy atom. The van der Waals surface area contributed by atoms with E-state index in [0.717, 1.165) is 24.4 Å². The molecule has 0 spiro atoms. The monoisotopic (exact) mass is 569 g/mol. The van der Waals surface area contributed by atoms with Crippen LogP contribution in [0.2, 0.25) is 0 Å². The van der Waals surface area contributed by atoms with Gasteiger partial charge in [0, 0.05) is 17.2 Å². The topological polar surface area (TPSA) is 113 Å². The predicted octanol–water partition coefficient (Wildman–Crippen LogP) is 2.23. The van der Waals surface area contributed by atoms with Crippen molar-refractivity contribution in [3.8, 4) is 23.0 Å². The highest BCUT2D eigenvalue weighted by atomic mass is 19.4. The van der Waals surface area contributed by atoms with Gasteiger partial charge in [0.15, 0.2) is 17.2 Å². The first-order valence-corrected chi connectivity index (χ1v) is 11.1. The average Bonchev–Trinajstić information content (AvgIpc) is 2.81. The molecule has 3 aromatic rings. The van der Waals surface area contributed by atoms with E-state index in [0.29, 0.717) is 12.1 Å². The highest BCUT2D eigenvalue weighted by molar-refractivity contribution is 6.58. The fourth-order valence-electron chi connectivity index (χ4n) is 3.20. The van der Waals surface area contributed by atoms with Crippen LogP contribution in [-0.2, 0) is 0 Å². The average molecular weight is 569 g/mol. The summed E-state index contributed by atoms with van der Waals surface area (Å²) >= 11 is 0. The second kappa shape index (κ2) is 11.4. The summed E-state index contributed by atoms with van der Waals surface area (Å²) in [5.41, 5.74) is 2.47. The van der Waals surface area contributed by atoms with Gasteiger partial charge in [0.05, 0.1) is 5.56 Å². The summed E-state index contributed by atoms with van der Waals surface area (Å²) in [6.07, 6.45) is -7.54. The van der Waals surface area contributed by atoms with E-state index in [1.165, 1.54) is 29.6 Å². The van der Waals surface area contributed by atoms with Gasteiger partial charge in [-0.2, -0.15) is 4.39 Å². The predicted molar refractivity (Wildman–Crippen MR) is 134 cm³/mol. The van der Waals surface area contributed by atoms with Gasteiger partial charge in [-0.15, -0.1) is 13.2 Å². The first kappa shape index (κ1) is 30.2. The molecule has 0 radical (unpaired) electrons. The van der Waals surface area contributed by atoms with Crippen LogP contribution < -0.4 is 25.3 Å². The van der Waals surface area contributed by atoms with E-state index >= 15 is 8.78 Å². The molecular formula is C22H17B3F7N3O5. The molecule has 0 saturated heterocycles. The Balaban J connectivity index is 2.12. The van der Waals surface area contributed by atoms with Crippen LogP contribution in [0, 0.1) is 11.6 Å². The van der Waals surface area contributed by atoms with E-state index in [-0.39, 0.29) is 11.4 Å². The molecule has 18 heteroatoms. The van der Waals surface area contributed by atoms with Crippen LogP contribution in [0.5, 0.6) is 23.0 Å². The van der Waals surface area contributed by atoms with Gasteiger partial charge in [0.1, 0.15) is 46.4 Å². The van der Waals surface area contributed by atoms with Crippen molar-refractivity contribution in [2.75, 3.05) is 5.32 Å². The largest absolute Gasteiger partial charge is 0.573 e. The quantitative estimate of drug-likeness (QED) is 0.302. The zero-order valence-corrected chi connectivity index (χ0v) is 20.8. The van der Waals surface area contributed by atoms with E-state index < -0.39 is 75.7 Å². The molecule has 0 unspecified atom stereocenters. The molecule has 0 aliphatic heterocycles. The van der Waals surface area contributed by atoms with Crippen molar-refractivity contribution in [1.29, 1.82) is 0 Å². The molecule has 8 nitrogen and oxygen atoms in total. The second-order valence-corrected chi connectivity index (χ2v) is 8.96. The van der Waals surface area contributed by atoms with Crippen molar-refractivity contribution >= 4 is 41.0 Å². The molecule has 3 rings (SSSR count). The summed E-state index contributed by atoms with van der Waals surface area (Å²) in [6.45, 7) is 0. The van der Waals surface area contributed by atoms with Crippen LogP contribution >= 0.6 is 0 Å². The molecule has 1 heterocycles. The number of primary amides is 1. The number of nitrogens with one attached hydrogen (secondary N) is 1. The molecule has 1 aromatic heterocycles. The lowest BCUT2D eigenvalue weighted by Gasteiger charge is -2.25. The van der Waals surface area contributed by atoms with Crippen molar-refractivity contribution in [3.05, 3.63) is 71.1 Å². The number of nitrogens with two attached hydrogens (primary N) is 1. The molecule has 0 bridgehead atoms. The van der Waals surface area contributed by atoms with Gasteiger partial charge in [-0.25, -0.2) is 13.2 Å². The van der Waals surface area contributed by atoms with E-state index in [4.69, 9.17) is 15.2 Å². The van der Waals surface area contributed by atoms with Crippen molar-refractivity contribution < 1.29 is 54.5 Å². The number of anilines is 1. The number of amides is 2. The van der Waals surface area contributed by atoms with Crippen molar-refractivity contribution in [1.82, 2.24) is 4.98 Å². The minimum atomic E-state index is -5.26. The SMILES string of the molecule is BC(B)(B)Oc1c(Oc2ccc(C(F)F)c(F)c2C(=O)Nc2ccnc(C(N)=O)c2)ccc(OC(F)(F)F)c1F. The number of ether oxygens (including phenoxy) is 3. The molecule has 0 aliphatic rings. The van der Waals surface area contributed by atoms with Gasteiger partial charge in [-0.3, -0.25) is 14.6 Å². The van der Waals surface area contributed by atoms with Gasteiger partial charge < -0.3 is 25.3 Å². The normalized spacial score (nSPS) is 11.7. The van der Waals surface area contributed by atoms with E-state index in [9.17, 15) is 31.5 Å². The molecule has 0 saturated carbocycles. The summed E-state index contributed by atoms with van der Waals surface area (Å²) in [4.78, 5) is 28.1. The summed E-state index contributed by atoms with van der Waals surface area (Å²) < 4.78 is 110. The summed E-state index contributed by atoms with van der Waals surface area (Å²) in [5, 5.41) is 0.976. The Labute approximate surface area is 224 Å². The first-order valence-electron chi connectivity index (χ1n) is 11.1. The number of nitrogens with zero attached hydrogens (tertiary/aromatic N) is 1. The number of halogens is 7. The van der Waals surface area contributed by atoms with Gasteiger partial charge >= 0.3 is 6.36 Å². The lowest BCUT2D eigenvalue weighted by atomic mass is 9.52. The minimum absolute atomic E-state index is 0.127. The molecule has 0 aliphatic carbocycles. The van der Waals surface area contributed by atoms with Gasteiger partial charge in [0.25, 0.3) is 18.2 Å². The number of carbonyl (C=O) groups is 2. The highest BCUT2D eigenvalue weighted by Crippen LogP contribution is 2.42. The zero-order chi connectivity index (χ0) is 30.0. The molecular weight excluding hydrogens is 552 g/mol. The summed E-state index contributed by atoms with van der Waals surface area (Å²) in [7, 11) is 4.29. The maximum absolute atomic E-state index is 15.2. The summed E-state index contributed by atoms with van der Waals surface area (Å²) in [5.74, 6) is -9.20. The number of rotatable bonds is 9. The minimum Gasteiger partial charge on any atom is -0.508 e. The number of carbonyl (C=O) groups excluding carboxylic acids is 2. The van der Waals surface area contributed by atoms with E-state index in [1.807, 2.05) is 0 Å². The number of hydrogen-bond acceptors (Lipinski definition) is 6. The van der Waals surface area contributed by atoms with Crippen LogP contribution in [0.25, 0.3) is 0 Å². The van der Waals surface area contributed by atoms with Gasteiger partial charge in [-0.05, 0) is 36.4 Å². The Bertz CT molecular complexity index is 1450. The van der Waals surface area contributed by atoms with Crippen molar-refractivity contribution in [2.45, 2.75) is 18.1 Å². The molecule has 2 aromatic carbocycles. The number of aromatic nitrogens is 1. The third-order valence-electron chi connectivity index (χ3n) is 4.75. The van der Waals surface area contributed by atoms with Gasteiger partial charge in [0.2, 0.25) is 5.82 Å². The molecule has 3 N–H and O–H groups in total. The molecule has 0 atom stereocenters. The number of pyridine rings is 1. The first-order chi connectivity index (χ1) is 18.5. The summed E-state index contributed by atoms with van der Waals surface area (Å²) in [6, 6.07) is 4.92. The molecule has 0 fully saturated rings. The standard InChI is InChI=1S/C22H17B3F7N3O5/c23-21(24,25)40-17-13(4-3-12(16(17)27)39-22(30,31)32)38-11-2-1-9(18(28)29)15(26)14(11)20(37)35-8-5-6-34-10(7-8)19(33)36/h1-7,18H,23-25H2,(H2,33,36)(H,34,35,37). The van der Waals surface area contributed by atoms with Crippen molar-refractivity contribution in [3.63, 3.8) is 0 Å². The molecule has 2 amide bonds. The molecule has 208 valence electrons. The van der Waals surface area contributed by atoms with Crippen LogP contribution in [0.1, 0.15) is 32.8 Å². The van der Waals surface area contributed by atoms with E-state index in [1.54, 1.807) is 0 Å². The fourth-order valence-corrected chi connectivity index (χ4v) is 3.20. The lowest BCUT2D eigenvalue weighted by Crippen LogP contribution is -2.38. The smallest absolute Gasteiger partial charge is 0.508 e.